The largest absolute Gasteiger partial charge is 0.453 e. The summed E-state index contributed by atoms with van der Waals surface area (Å²) >= 11 is 0. The number of benzene rings is 3. The Kier molecular flexibility index (Phi) is 13.7. The third-order valence-electron chi connectivity index (χ3n) is 11.8. The summed E-state index contributed by atoms with van der Waals surface area (Å²) in [7, 11) is 5.66. The molecule has 2 aliphatic heterocycles. The van der Waals surface area contributed by atoms with Gasteiger partial charge >= 0.3 is 12.2 Å². The predicted octanol–water partition coefficient (Wildman–Crippen LogP) is 6.44. The van der Waals surface area contributed by atoms with Gasteiger partial charge in [0, 0.05) is 33.2 Å². The molecule has 0 unspecified atom stereocenters. The fraction of sp³-hybridized carbons (Fsp3) is 0.391. The molecule has 0 spiro atoms. The van der Waals surface area contributed by atoms with E-state index in [0.717, 1.165) is 40.1 Å². The van der Waals surface area contributed by atoms with Crippen molar-refractivity contribution >= 4 is 24.0 Å². The molecular weight excluding hydrogens is 793 g/mol. The smallest absolute Gasteiger partial charge is 0.407 e. The topological polar surface area (TPSA) is 193 Å². The summed E-state index contributed by atoms with van der Waals surface area (Å²) in [5.74, 6) is 1.12. The molecule has 5 aromatic rings. The van der Waals surface area contributed by atoms with Crippen molar-refractivity contribution in [1.82, 2.24) is 40.4 Å². The molecule has 4 heterocycles. The highest BCUT2D eigenvalue weighted by atomic mass is 16.5. The number of carbonyl (C=O) groups excluding carboxylic acids is 4. The molecular formula is C46H54N8O8. The Balaban J connectivity index is 1.04. The van der Waals surface area contributed by atoms with E-state index in [1.54, 1.807) is 36.2 Å². The first kappa shape index (κ1) is 43.6. The fourth-order valence-corrected chi connectivity index (χ4v) is 8.48. The van der Waals surface area contributed by atoms with E-state index in [0.29, 0.717) is 43.3 Å². The number of ether oxygens (including phenoxy) is 4. The van der Waals surface area contributed by atoms with E-state index in [1.165, 1.54) is 21.3 Å². The average molecular weight is 847 g/mol. The number of amides is 4. The van der Waals surface area contributed by atoms with Crippen molar-refractivity contribution < 1.29 is 38.1 Å². The minimum absolute atomic E-state index is 0.0775. The van der Waals surface area contributed by atoms with Crippen molar-refractivity contribution in [3.05, 3.63) is 108 Å². The van der Waals surface area contributed by atoms with Gasteiger partial charge in [0.05, 0.1) is 62.8 Å². The average Bonchev–Trinajstić information content (AvgIpc) is 4.14. The summed E-state index contributed by atoms with van der Waals surface area (Å²) in [5.41, 5.74) is 6.24. The van der Waals surface area contributed by atoms with E-state index >= 15 is 0 Å². The summed E-state index contributed by atoms with van der Waals surface area (Å²) < 4.78 is 20.5. The number of likely N-dealkylation sites (tertiary alicyclic amines) is 2. The van der Waals surface area contributed by atoms with E-state index in [4.69, 9.17) is 28.9 Å². The number of rotatable bonds is 14. The van der Waals surface area contributed by atoms with Crippen molar-refractivity contribution in [2.45, 2.75) is 57.0 Å². The van der Waals surface area contributed by atoms with Crippen LogP contribution in [0.2, 0.25) is 0 Å². The summed E-state index contributed by atoms with van der Waals surface area (Å²) in [6, 6.07) is 23.0. The molecule has 326 valence electrons. The lowest BCUT2D eigenvalue weighted by Crippen LogP contribution is -2.54. The maximum absolute atomic E-state index is 14.1. The highest BCUT2D eigenvalue weighted by molar-refractivity contribution is 5.88. The molecule has 2 aliphatic rings. The van der Waals surface area contributed by atoms with Crippen LogP contribution in [0.5, 0.6) is 0 Å². The van der Waals surface area contributed by atoms with E-state index in [9.17, 15) is 19.2 Å². The Labute approximate surface area is 360 Å². The van der Waals surface area contributed by atoms with Gasteiger partial charge in [0.15, 0.2) is 0 Å². The number of aromatic amines is 2. The predicted molar refractivity (Wildman–Crippen MR) is 230 cm³/mol. The van der Waals surface area contributed by atoms with E-state index in [2.05, 4.69) is 51.8 Å². The second-order valence-corrected chi connectivity index (χ2v) is 16.0. The van der Waals surface area contributed by atoms with Gasteiger partial charge in [0.25, 0.3) is 5.91 Å². The maximum atomic E-state index is 14.1. The Morgan fingerprint density at radius 1 is 0.694 bits per heavy atom. The second kappa shape index (κ2) is 19.5. The van der Waals surface area contributed by atoms with Gasteiger partial charge in [-0.25, -0.2) is 19.6 Å². The van der Waals surface area contributed by atoms with Crippen LogP contribution in [0.3, 0.4) is 0 Å². The molecule has 0 saturated carbocycles. The number of imidazole rings is 2. The molecule has 4 N–H and O–H groups in total. The lowest BCUT2D eigenvalue weighted by atomic mass is 10.0. The Bertz CT molecular complexity index is 2310. The monoisotopic (exact) mass is 846 g/mol. The van der Waals surface area contributed by atoms with Gasteiger partial charge in [-0.1, -0.05) is 85.8 Å². The van der Waals surface area contributed by atoms with Crippen LogP contribution in [0.25, 0.3) is 33.6 Å². The Morgan fingerprint density at radius 2 is 1.21 bits per heavy atom. The minimum atomic E-state index is -0.953. The third-order valence-corrected chi connectivity index (χ3v) is 11.8. The van der Waals surface area contributed by atoms with Gasteiger partial charge in [-0.15, -0.1) is 0 Å². The summed E-state index contributed by atoms with van der Waals surface area (Å²) in [6.07, 6.45) is 2.93. The van der Waals surface area contributed by atoms with Crippen molar-refractivity contribution in [2.24, 2.45) is 11.8 Å². The quantitative estimate of drug-likeness (QED) is 0.0968. The van der Waals surface area contributed by atoms with Crippen LogP contribution in [0.15, 0.2) is 91.3 Å². The first-order valence-electron chi connectivity index (χ1n) is 20.7. The molecule has 7 rings (SSSR count). The van der Waals surface area contributed by atoms with Crippen LogP contribution < -0.4 is 10.6 Å². The van der Waals surface area contributed by atoms with Gasteiger partial charge in [0.2, 0.25) is 5.91 Å². The molecule has 4 amide bonds. The van der Waals surface area contributed by atoms with Gasteiger partial charge in [-0.3, -0.25) is 9.59 Å². The van der Waals surface area contributed by atoms with Crippen molar-refractivity contribution in [2.75, 3.05) is 48.1 Å². The van der Waals surface area contributed by atoms with Crippen LogP contribution in [0.4, 0.5) is 9.59 Å². The zero-order valence-corrected chi connectivity index (χ0v) is 35.8. The van der Waals surface area contributed by atoms with E-state index in [-0.39, 0.29) is 35.7 Å². The Morgan fingerprint density at radius 3 is 1.74 bits per heavy atom. The lowest BCUT2D eigenvalue weighted by molar-refractivity contribution is -0.138. The first-order chi connectivity index (χ1) is 30.0. The molecule has 0 aliphatic carbocycles. The third kappa shape index (κ3) is 9.51. The summed E-state index contributed by atoms with van der Waals surface area (Å²) in [4.78, 5) is 72.4. The standard InChI is InChI=1S/C46H54N8O8/c1-27-20-37(53(24-27)44(56)40(52-46(58)62-6)34-10-8-7-9-11-34)41-47-22-35(49-41)32-16-12-30(13-17-32)31-14-18-33(19-15-31)36-23-48-42(50-36)38-21-29(26-59-3)25-54(38)43(55)39(28(2)60-4)51-45(57)61-5/h7-19,22-23,27-29,37-40H,20-21,24-26H2,1-6H3,(H,47,49)(H,48,50)(H,51,57)(H,52,58)/t27-,28+,29-,37-,38-,39-,40+/m0/s1. The number of methoxy groups -OCH3 is 4. The number of H-pyrrole nitrogens is 2. The number of nitrogens with one attached hydrogen (secondary N) is 4. The molecule has 2 fully saturated rings. The van der Waals surface area contributed by atoms with Crippen LogP contribution in [0.1, 0.15) is 62.0 Å². The van der Waals surface area contributed by atoms with E-state index < -0.39 is 30.4 Å². The van der Waals surface area contributed by atoms with Gasteiger partial charge in [-0.05, 0) is 53.5 Å². The van der Waals surface area contributed by atoms with Gasteiger partial charge in [-0.2, -0.15) is 0 Å². The van der Waals surface area contributed by atoms with Crippen molar-refractivity contribution in [1.29, 1.82) is 0 Å². The van der Waals surface area contributed by atoms with Crippen LogP contribution in [-0.4, -0.2) is 114 Å². The molecule has 16 nitrogen and oxygen atoms in total. The number of alkyl carbamates (subject to hydrolysis) is 2. The van der Waals surface area contributed by atoms with Gasteiger partial charge in [0.1, 0.15) is 23.7 Å². The molecule has 0 radical (unpaired) electrons. The molecule has 62 heavy (non-hydrogen) atoms. The molecule has 16 heteroatoms. The number of carbonyl (C=O) groups is 4. The molecule has 3 aromatic carbocycles. The minimum Gasteiger partial charge on any atom is -0.453 e. The lowest BCUT2D eigenvalue weighted by Gasteiger charge is -2.30. The summed E-state index contributed by atoms with van der Waals surface area (Å²) in [6.45, 7) is 5.27. The highest BCUT2D eigenvalue weighted by Gasteiger charge is 2.43. The molecule has 0 bridgehead atoms. The summed E-state index contributed by atoms with van der Waals surface area (Å²) in [5, 5.41) is 5.36. The molecule has 7 atom stereocenters. The van der Waals surface area contributed by atoms with E-state index in [1.807, 2.05) is 54.6 Å². The normalized spacial score (nSPS) is 20.0. The molecule has 2 saturated heterocycles. The first-order valence-corrected chi connectivity index (χ1v) is 20.7. The van der Waals surface area contributed by atoms with Crippen molar-refractivity contribution in [3.63, 3.8) is 0 Å². The molecule has 2 aromatic heterocycles. The maximum Gasteiger partial charge on any atom is 0.407 e. The van der Waals surface area contributed by atoms with Crippen molar-refractivity contribution in [3.8, 4) is 33.6 Å². The fourth-order valence-electron chi connectivity index (χ4n) is 8.48. The second-order valence-electron chi connectivity index (χ2n) is 16.0. The van der Waals surface area contributed by atoms with Crippen LogP contribution >= 0.6 is 0 Å². The zero-order valence-electron chi connectivity index (χ0n) is 35.8. The number of hydrogen-bond acceptors (Lipinski definition) is 10. The zero-order chi connectivity index (χ0) is 43.9. The van der Waals surface area contributed by atoms with Gasteiger partial charge < -0.3 is 49.3 Å². The number of hydrogen-bond donors (Lipinski definition) is 4. The van der Waals surface area contributed by atoms with Crippen LogP contribution in [0, 0.1) is 11.8 Å². The van der Waals surface area contributed by atoms with Crippen LogP contribution in [-0.2, 0) is 28.5 Å². The highest BCUT2D eigenvalue weighted by Crippen LogP contribution is 2.38. The number of nitrogens with zero attached hydrogens (tertiary/aromatic N) is 4. The SMILES string of the molecule is COC[C@H]1C[C@@H](c2ncc(-c3ccc(-c4ccc(-c5cnc([C@@H]6C[C@H](C)CN6C(=O)[C@H](NC(=O)OC)c6ccccc6)[nH]5)cc4)cc3)[nH]2)N(C(=O)[C@@H](NC(=O)OC)[C@@H](C)OC)C1. The Hall–Kier alpha value is -6.52. The number of aromatic nitrogens is 4.